The minimum absolute atomic E-state index is 0.235. The number of nitrogens with zero attached hydrogens (tertiary/aromatic N) is 2. The summed E-state index contributed by atoms with van der Waals surface area (Å²) in [6, 6.07) is 28.3. The van der Waals surface area contributed by atoms with Crippen molar-refractivity contribution in [1.29, 1.82) is 0 Å². The van der Waals surface area contributed by atoms with Gasteiger partial charge in [-0.25, -0.2) is 14.6 Å². The Labute approximate surface area is 252 Å². The zero-order valence-electron chi connectivity index (χ0n) is 21.3. The number of para-hydroxylation sites is 3. The maximum absolute atomic E-state index is 13.7. The standard InChI is InChI=1S/C31H21Br2N3O5/c32-21-16-20(28(26(33)18-21)41-19-27(37)34-22-10-4-1-5-11-22)17-25-29(38)35(23-12-6-2-7-13-23)31(40)36(30(25)39)24-14-8-3-9-15-24/h1-18H,19H2,(H,34,37). The molecule has 0 spiro atoms. The highest BCUT2D eigenvalue weighted by Crippen LogP contribution is 2.36. The molecular formula is C31H21Br2N3O5. The summed E-state index contributed by atoms with van der Waals surface area (Å²) < 4.78 is 6.98. The van der Waals surface area contributed by atoms with Gasteiger partial charge in [0.2, 0.25) is 0 Å². The predicted octanol–water partition coefficient (Wildman–Crippen LogP) is 6.81. The van der Waals surface area contributed by atoms with Crippen molar-refractivity contribution in [2.24, 2.45) is 0 Å². The molecule has 0 radical (unpaired) electrons. The van der Waals surface area contributed by atoms with Crippen LogP contribution in [0.15, 0.2) is 118 Å². The molecule has 0 aromatic heterocycles. The smallest absolute Gasteiger partial charge is 0.343 e. The summed E-state index contributed by atoms with van der Waals surface area (Å²) in [7, 11) is 0. The summed E-state index contributed by atoms with van der Waals surface area (Å²) in [6.45, 7) is -0.335. The van der Waals surface area contributed by atoms with Gasteiger partial charge in [-0.05, 0) is 70.5 Å². The van der Waals surface area contributed by atoms with Gasteiger partial charge in [0.05, 0.1) is 15.8 Å². The first-order chi connectivity index (χ1) is 19.8. The van der Waals surface area contributed by atoms with Crippen molar-refractivity contribution >= 4 is 78.8 Å². The Balaban J connectivity index is 1.54. The third kappa shape index (κ3) is 6.13. The van der Waals surface area contributed by atoms with Crippen molar-refractivity contribution in [3.8, 4) is 5.75 Å². The van der Waals surface area contributed by atoms with Gasteiger partial charge >= 0.3 is 6.03 Å². The highest BCUT2D eigenvalue weighted by Gasteiger charge is 2.43. The second kappa shape index (κ2) is 12.3. The molecule has 0 unspecified atom stereocenters. The summed E-state index contributed by atoms with van der Waals surface area (Å²) in [5.74, 6) is -1.74. The number of halogens is 2. The molecule has 41 heavy (non-hydrogen) atoms. The molecule has 10 heteroatoms. The lowest BCUT2D eigenvalue weighted by molar-refractivity contribution is -0.121. The molecule has 0 atom stereocenters. The lowest BCUT2D eigenvalue weighted by Gasteiger charge is -2.34. The van der Waals surface area contributed by atoms with Gasteiger partial charge in [-0.15, -0.1) is 0 Å². The zero-order chi connectivity index (χ0) is 28.9. The first-order valence-corrected chi connectivity index (χ1v) is 13.9. The number of anilines is 3. The van der Waals surface area contributed by atoms with Crippen LogP contribution in [-0.2, 0) is 14.4 Å². The van der Waals surface area contributed by atoms with E-state index in [2.05, 4.69) is 37.2 Å². The Hall–Kier alpha value is -4.54. The highest BCUT2D eigenvalue weighted by molar-refractivity contribution is 9.11. The predicted molar refractivity (Wildman–Crippen MR) is 164 cm³/mol. The number of carbonyl (C=O) groups excluding carboxylic acids is 4. The fraction of sp³-hybridized carbons (Fsp3) is 0.0323. The molecule has 5 rings (SSSR count). The van der Waals surface area contributed by atoms with Gasteiger partial charge in [-0.3, -0.25) is 14.4 Å². The number of benzene rings is 4. The third-order valence-electron chi connectivity index (χ3n) is 6.02. The van der Waals surface area contributed by atoms with Crippen LogP contribution in [0.2, 0.25) is 0 Å². The van der Waals surface area contributed by atoms with Gasteiger partial charge < -0.3 is 10.1 Å². The number of rotatable bonds is 7. The van der Waals surface area contributed by atoms with Gasteiger partial charge in [0.25, 0.3) is 17.7 Å². The number of nitrogens with one attached hydrogen (secondary N) is 1. The number of barbiturate groups is 1. The Bertz CT molecular complexity index is 1600. The highest BCUT2D eigenvalue weighted by atomic mass is 79.9. The van der Waals surface area contributed by atoms with Gasteiger partial charge in [0.15, 0.2) is 6.61 Å². The molecule has 4 aromatic carbocycles. The monoisotopic (exact) mass is 673 g/mol. The number of amides is 5. The molecule has 0 saturated carbocycles. The lowest BCUT2D eigenvalue weighted by Crippen LogP contribution is -2.57. The quantitative estimate of drug-likeness (QED) is 0.172. The van der Waals surface area contributed by atoms with Crippen LogP contribution >= 0.6 is 31.9 Å². The molecule has 0 aliphatic carbocycles. The second-order valence-corrected chi connectivity index (χ2v) is 10.6. The molecular weight excluding hydrogens is 654 g/mol. The van der Waals surface area contributed by atoms with Crippen molar-refractivity contribution < 1.29 is 23.9 Å². The average Bonchev–Trinajstić information content (AvgIpc) is 2.96. The number of ether oxygens (including phenoxy) is 1. The van der Waals surface area contributed by atoms with E-state index in [1.54, 1.807) is 97.1 Å². The number of urea groups is 1. The van der Waals surface area contributed by atoms with E-state index in [4.69, 9.17) is 4.74 Å². The van der Waals surface area contributed by atoms with E-state index < -0.39 is 23.8 Å². The molecule has 8 nitrogen and oxygen atoms in total. The normalized spacial score (nSPS) is 13.3. The van der Waals surface area contributed by atoms with Crippen molar-refractivity contribution in [1.82, 2.24) is 0 Å². The van der Waals surface area contributed by atoms with E-state index in [1.165, 1.54) is 6.08 Å². The number of hydrogen-bond donors (Lipinski definition) is 1. The molecule has 4 aromatic rings. The lowest BCUT2D eigenvalue weighted by atomic mass is 10.0. The van der Waals surface area contributed by atoms with Crippen molar-refractivity contribution in [3.63, 3.8) is 0 Å². The largest absolute Gasteiger partial charge is 0.482 e. The van der Waals surface area contributed by atoms with Crippen LogP contribution in [0.4, 0.5) is 21.9 Å². The fourth-order valence-electron chi connectivity index (χ4n) is 4.19. The van der Waals surface area contributed by atoms with E-state index in [0.717, 1.165) is 9.80 Å². The van der Waals surface area contributed by atoms with E-state index in [0.29, 0.717) is 31.6 Å². The Morgan fingerprint density at radius 2 is 1.27 bits per heavy atom. The molecule has 1 saturated heterocycles. The summed E-state index contributed by atoms with van der Waals surface area (Å²) in [4.78, 5) is 55.5. The van der Waals surface area contributed by atoms with E-state index in [-0.39, 0.29) is 17.9 Å². The average molecular weight is 675 g/mol. The van der Waals surface area contributed by atoms with Crippen LogP contribution in [0.5, 0.6) is 5.75 Å². The van der Waals surface area contributed by atoms with E-state index >= 15 is 0 Å². The van der Waals surface area contributed by atoms with Crippen LogP contribution in [0.3, 0.4) is 0 Å². The summed E-state index contributed by atoms with van der Waals surface area (Å²) in [5.41, 5.74) is 1.31. The van der Waals surface area contributed by atoms with Crippen LogP contribution in [-0.4, -0.2) is 30.4 Å². The first-order valence-electron chi connectivity index (χ1n) is 12.3. The van der Waals surface area contributed by atoms with Gasteiger partial charge in [0, 0.05) is 15.7 Å². The van der Waals surface area contributed by atoms with Crippen molar-refractivity contribution in [3.05, 3.63) is 123 Å². The SMILES string of the molecule is O=C(COc1c(Br)cc(Br)cc1C=C1C(=O)N(c2ccccc2)C(=O)N(c2ccccc2)C1=O)Nc1ccccc1. The number of carbonyl (C=O) groups is 4. The summed E-state index contributed by atoms with van der Waals surface area (Å²) in [5, 5.41) is 2.75. The molecule has 1 N–H and O–H groups in total. The summed E-state index contributed by atoms with van der Waals surface area (Å²) in [6.07, 6.45) is 1.36. The molecule has 1 heterocycles. The minimum atomic E-state index is -0.793. The number of imide groups is 2. The Morgan fingerprint density at radius 1 is 0.756 bits per heavy atom. The molecule has 1 aliphatic heterocycles. The topological polar surface area (TPSA) is 96.0 Å². The number of hydrogen-bond acceptors (Lipinski definition) is 5. The first kappa shape index (κ1) is 28.0. The molecule has 0 bridgehead atoms. The molecule has 1 fully saturated rings. The van der Waals surface area contributed by atoms with Crippen LogP contribution in [0.25, 0.3) is 6.08 Å². The van der Waals surface area contributed by atoms with Crippen LogP contribution < -0.4 is 19.9 Å². The summed E-state index contributed by atoms with van der Waals surface area (Å²) >= 11 is 6.89. The molecule has 1 aliphatic rings. The van der Waals surface area contributed by atoms with E-state index in [1.807, 2.05) is 6.07 Å². The Kier molecular flexibility index (Phi) is 8.42. The molecule has 5 amide bonds. The second-order valence-electron chi connectivity index (χ2n) is 8.80. The van der Waals surface area contributed by atoms with Gasteiger partial charge in [-0.1, -0.05) is 70.5 Å². The van der Waals surface area contributed by atoms with Crippen LogP contribution in [0.1, 0.15) is 5.56 Å². The maximum Gasteiger partial charge on any atom is 0.343 e. The minimum Gasteiger partial charge on any atom is -0.482 e. The van der Waals surface area contributed by atoms with Gasteiger partial charge in [0.1, 0.15) is 11.3 Å². The van der Waals surface area contributed by atoms with Crippen molar-refractivity contribution in [2.45, 2.75) is 0 Å². The maximum atomic E-state index is 13.7. The van der Waals surface area contributed by atoms with Gasteiger partial charge in [-0.2, -0.15) is 0 Å². The van der Waals surface area contributed by atoms with Crippen molar-refractivity contribution in [2.75, 3.05) is 21.7 Å². The Morgan fingerprint density at radius 3 is 1.80 bits per heavy atom. The van der Waals surface area contributed by atoms with E-state index in [9.17, 15) is 19.2 Å². The zero-order valence-corrected chi connectivity index (χ0v) is 24.5. The third-order valence-corrected chi connectivity index (χ3v) is 7.07. The van der Waals surface area contributed by atoms with Crippen LogP contribution in [0, 0.1) is 0 Å². The fourth-order valence-corrected chi connectivity index (χ4v) is 5.56. The molecule has 204 valence electrons.